The molecule has 0 rings (SSSR count). The molecule has 0 bridgehead atoms. The van der Waals surface area contributed by atoms with Gasteiger partial charge in [-0.15, -0.1) is 0 Å². The van der Waals surface area contributed by atoms with Gasteiger partial charge in [0.2, 0.25) is 5.91 Å². The van der Waals surface area contributed by atoms with Crippen molar-refractivity contribution in [3.63, 3.8) is 0 Å². The number of carbonyl (C=O) groups excluding carboxylic acids is 1. The summed E-state index contributed by atoms with van der Waals surface area (Å²) in [4.78, 5) is 14.5. The van der Waals surface area contributed by atoms with E-state index in [0.717, 1.165) is 63.0 Å². The Balaban J connectivity index is 3.93. The van der Waals surface area contributed by atoms with Gasteiger partial charge in [-0.05, 0) is 65.5 Å². The Morgan fingerprint density at radius 3 is 2.00 bits per heavy atom. The zero-order valence-corrected chi connectivity index (χ0v) is 22.0. The van der Waals surface area contributed by atoms with Crippen molar-refractivity contribution >= 4 is 27.5 Å². The molecular weight excluding hydrogens is 420 g/mol. The van der Waals surface area contributed by atoms with Crippen molar-refractivity contribution in [3.05, 3.63) is 48.6 Å². The largest absolute Gasteiger partial charge is 0.351 e. The van der Waals surface area contributed by atoms with E-state index >= 15 is 0 Å². The number of unbranched alkanes of at least 4 members (excludes halogenated alkanes) is 2. The quantitative estimate of drug-likeness (QED) is 0.117. The van der Waals surface area contributed by atoms with Gasteiger partial charge >= 0.3 is 0 Å². The summed E-state index contributed by atoms with van der Waals surface area (Å²) in [6.07, 6.45) is 26.8. The number of carbonyl (C=O) groups is 1. The highest BCUT2D eigenvalue weighted by Gasteiger charge is 2.13. The van der Waals surface area contributed by atoms with Crippen LogP contribution in [0.3, 0.4) is 0 Å². The minimum atomic E-state index is 0.180. The number of amides is 1. The number of allylic oxidation sites excluding steroid dienone is 8. The molecule has 1 unspecified atom stereocenters. The molecule has 0 aliphatic rings. The summed E-state index contributed by atoms with van der Waals surface area (Å²) in [5.74, 6) is 2.29. The van der Waals surface area contributed by atoms with Crippen LogP contribution in [0.15, 0.2) is 48.6 Å². The fraction of sp³-hybridized carbons (Fsp3) is 0.654. The van der Waals surface area contributed by atoms with E-state index in [1.165, 1.54) is 6.42 Å². The fourth-order valence-corrected chi connectivity index (χ4v) is 5.16. The van der Waals surface area contributed by atoms with Crippen LogP contribution in [0.5, 0.6) is 0 Å². The van der Waals surface area contributed by atoms with Crippen LogP contribution in [0.25, 0.3) is 0 Å². The summed E-state index contributed by atoms with van der Waals surface area (Å²) in [5, 5.41) is 3.24. The fourth-order valence-electron chi connectivity index (χ4n) is 2.82. The summed E-state index contributed by atoms with van der Waals surface area (Å²) in [5.41, 5.74) is 0. The molecule has 0 fully saturated rings. The number of hydrogen-bond acceptors (Lipinski definition) is 4. The Bertz CT molecular complexity index is 528. The van der Waals surface area contributed by atoms with E-state index in [1.54, 1.807) is 0 Å². The summed E-state index contributed by atoms with van der Waals surface area (Å²) in [6, 6.07) is 0.208. The topological polar surface area (TPSA) is 32.3 Å². The van der Waals surface area contributed by atoms with Crippen molar-refractivity contribution in [1.82, 2.24) is 10.2 Å². The van der Waals surface area contributed by atoms with Crippen LogP contribution in [0.2, 0.25) is 0 Å². The summed E-state index contributed by atoms with van der Waals surface area (Å²) in [7, 11) is 7.94. The van der Waals surface area contributed by atoms with Crippen molar-refractivity contribution in [2.75, 3.05) is 32.1 Å². The molecule has 0 saturated carbocycles. The van der Waals surface area contributed by atoms with Crippen LogP contribution in [-0.2, 0) is 4.79 Å². The second-order valence-electron chi connectivity index (χ2n) is 7.84. The minimum absolute atomic E-state index is 0.180. The Morgan fingerprint density at radius 2 is 1.42 bits per heavy atom. The van der Waals surface area contributed by atoms with Gasteiger partial charge in [0, 0.05) is 24.5 Å². The SMILES string of the molecule is CC/C=C/C/C=C/CCCSSCC(CN(C)C)NC(=O)CCC/C=C/C/C=C/CC. The van der Waals surface area contributed by atoms with E-state index in [2.05, 4.69) is 86.8 Å². The maximum absolute atomic E-state index is 12.3. The first kappa shape index (κ1) is 30.1. The minimum Gasteiger partial charge on any atom is -0.351 e. The first-order valence-electron chi connectivity index (χ1n) is 11.9. The van der Waals surface area contributed by atoms with Crippen LogP contribution in [0.4, 0.5) is 0 Å². The monoisotopic (exact) mass is 466 g/mol. The first-order chi connectivity index (χ1) is 15.1. The molecule has 0 saturated heterocycles. The van der Waals surface area contributed by atoms with Gasteiger partial charge in [0.15, 0.2) is 0 Å². The van der Waals surface area contributed by atoms with Gasteiger partial charge < -0.3 is 10.2 Å². The molecule has 1 atom stereocenters. The number of hydrogen-bond donors (Lipinski definition) is 1. The number of likely N-dealkylation sites (N-methyl/N-ethyl adjacent to an activating group) is 1. The van der Waals surface area contributed by atoms with E-state index < -0.39 is 0 Å². The maximum atomic E-state index is 12.3. The maximum Gasteiger partial charge on any atom is 0.220 e. The van der Waals surface area contributed by atoms with Gasteiger partial charge in [0.25, 0.3) is 0 Å². The molecule has 1 amide bonds. The van der Waals surface area contributed by atoms with Crippen molar-refractivity contribution in [2.24, 2.45) is 0 Å². The molecule has 178 valence electrons. The molecule has 0 aromatic rings. The molecule has 0 spiro atoms. The van der Waals surface area contributed by atoms with Crippen LogP contribution >= 0.6 is 21.6 Å². The van der Waals surface area contributed by atoms with Crippen molar-refractivity contribution in [3.8, 4) is 0 Å². The molecule has 0 radical (unpaired) electrons. The van der Waals surface area contributed by atoms with Crippen LogP contribution < -0.4 is 5.32 Å². The second-order valence-corrected chi connectivity index (χ2v) is 10.5. The molecule has 0 aromatic carbocycles. The van der Waals surface area contributed by atoms with Gasteiger partial charge in [-0.2, -0.15) is 0 Å². The lowest BCUT2D eigenvalue weighted by atomic mass is 10.2. The average Bonchev–Trinajstić information content (AvgIpc) is 2.73. The third-order valence-electron chi connectivity index (χ3n) is 4.36. The van der Waals surface area contributed by atoms with E-state index in [-0.39, 0.29) is 11.9 Å². The van der Waals surface area contributed by atoms with E-state index in [0.29, 0.717) is 6.42 Å². The first-order valence-corrected chi connectivity index (χ1v) is 14.4. The lowest BCUT2D eigenvalue weighted by molar-refractivity contribution is -0.121. The van der Waals surface area contributed by atoms with Crippen molar-refractivity contribution in [1.29, 1.82) is 0 Å². The number of nitrogens with one attached hydrogen (secondary N) is 1. The van der Waals surface area contributed by atoms with E-state index in [1.807, 2.05) is 21.6 Å². The molecule has 0 aliphatic heterocycles. The molecule has 0 aliphatic carbocycles. The molecule has 3 nitrogen and oxygen atoms in total. The zero-order chi connectivity index (χ0) is 23.0. The molecule has 31 heavy (non-hydrogen) atoms. The summed E-state index contributed by atoms with van der Waals surface area (Å²) >= 11 is 0. The highest BCUT2D eigenvalue weighted by Crippen LogP contribution is 2.23. The van der Waals surface area contributed by atoms with E-state index in [4.69, 9.17) is 0 Å². The zero-order valence-electron chi connectivity index (χ0n) is 20.4. The molecular formula is C26H46N2OS2. The molecule has 0 heterocycles. The Morgan fingerprint density at radius 1 is 0.839 bits per heavy atom. The normalized spacial score (nSPS) is 13.5. The molecule has 1 N–H and O–H groups in total. The lowest BCUT2D eigenvalue weighted by Gasteiger charge is -2.22. The molecule has 5 heteroatoms. The second kappa shape index (κ2) is 23.7. The van der Waals surface area contributed by atoms with Gasteiger partial charge in [-0.3, -0.25) is 4.79 Å². The standard InChI is InChI=1S/C26H46N2OS2/c1-5-7-9-11-13-15-17-19-21-26(29)27-25(23-28(3)4)24-31-30-22-20-18-16-14-12-10-8-6-2/h7-10,13-16,25H,5-6,11-12,17-24H2,1-4H3,(H,27,29)/b9-7+,10-8+,15-13+,16-14+. The van der Waals surface area contributed by atoms with Crippen molar-refractivity contribution in [2.45, 2.75) is 77.7 Å². The number of rotatable bonds is 20. The average molecular weight is 467 g/mol. The highest BCUT2D eigenvalue weighted by atomic mass is 33.1. The summed E-state index contributed by atoms with van der Waals surface area (Å²) in [6.45, 7) is 5.19. The predicted molar refractivity (Wildman–Crippen MR) is 145 cm³/mol. The molecule has 0 aromatic heterocycles. The van der Waals surface area contributed by atoms with Crippen molar-refractivity contribution < 1.29 is 4.79 Å². The predicted octanol–water partition coefficient (Wildman–Crippen LogP) is 7.19. The smallest absolute Gasteiger partial charge is 0.220 e. The van der Waals surface area contributed by atoms with Gasteiger partial charge in [0.05, 0.1) is 6.04 Å². The van der Waals surface area contributed by atoms with Crippen LogP contribution in [0, 0.1) is 0 Å². The third-order valence-corrected chi connectivity index (χ3v) is 6.93. The lowest BCUT2D eigenvalue weighted by Crippen LogP contribution is -2.43. The van der Waals surface area contributed by atoms with Gasteiger partial charge in [-0.25, -0.2) is 0 Å². The van der Waals surface area contributed by atoms with Crippen LogP contribution in [-0.4, -0.2) is 49.0 Å². The van der Waals surface area contributed by atoms with Crippen LogP contribution in [0.1, 0.15) is 71.6 Å². The Labute approximate surface area is 200 Å². The Kier molecular flexibility index (Phi) is 23.0. The van der Waals surface area contributed by atoms with E-state index in [9.17, 15) is 4.79 Å². The highest BCUT2D eigenvalue weighted by molar-refractivity contribution is 8.76. The third kappa shape index (κ3) is 23.6. The van der Waals surface area contributed by atoms with Gasteiger partial charge in [-0.1, -0.05) is 84.0 Å². The summed E-state index contributed by atoms with van der Waals surface area (Å²) < 4.78 is 0. The Hall–Kier alpha value is -0.910. The van der Waals surface area contributed by atoms with Gasteiger partial charge in [0.1, 0.15) is 0 Å². The number of nitrogens with zero attached hydrogens (tertiary/aromatic N) is 1.